The minimum absolute atomic E-state index is 0.126. The molecule has 3 heterocycles. The monoisotopic (exact) mass is 492 g/mol. The third-order valence-corrected chi connectivity index (χ3v) is 6.84. The van der Waals surface area contributed by atoms with Crippen LogP contribution in [0.3, 0.4) is 0 Å². The van der Waals surface area contributed by atoms with Crippen molar-refractivity contribution in [1.82, 2.24) is 20.1 Å². The predicted molar refractivity (Wildman–Crippen MR) is 138 cm³/mol. The maximum absolute atomic E-state index is 13.5. The largest absolute Gasteiger partial charge is 0.493 e. The van der Waals surface area contributed by atoms with Crippen molar-refractivity contribution in [3.8, 4) is 11.5 Å². The van der Waals surface area contributed by atoms with Crippen LogP contribution in [-0.4, -0.2) is 47.1 Å². The Bertz CT molecular complexity index is 1270. The van der Waals surface area contributed by atoms with Crippen LogP contribution in [0.15, 0.2) is 24.3 Å². The second-order valence-electron chi connectivity index (χ2n) is 10.8. The number of nitrogens with one attached hydrogen (secondary N) is 1. The number of fused-ring (bicyclic) bond motifs is 1. The first-order valence-electron chi connectivity index (χ1n) is 12.8. The molecule has 8 heteroatoms. The van der Waals surface area contributed by atoms with Crippen LogP contribution in [0.4, 0.5) is 0 Å². The summed E-state index contributed by atoms with van der Waals surface area (Å²) in [5, 5.41) is 8.67. The van der Waals surface area contributed by atoms with E-state index in [0.717, 1.165) is 60.3 Å². The summed E-state index contributed by atoms with van der Waals surface area (Å²) in [5.41, 5.74) is 3.91. The summed E-state index contributed by atoms with van der Waals surface area (Å²) >= 11 is 0. The molecule has 5 rings (SSSR count). The van der Waals surface area contributed by atoms with Crippen LogP contribution in [0.1, 0.15) is 79.7 Å². The molecule has 2 aliphatic rings. The number of pyridine rings is 1. The van der Waals surface area contributed by atoms with Crippen LogP contribution in [0.5, 0.6) is 11.5 Å². The van der Waals surface area contributed by atoms with Crippen molar-refractivity contribution < 1.29 is 19.0 Å². The quantitative estimate of drug-likeness (QED) is 0.483. The zero-order chi connectivity index (χ0) is 25.4. The first-order valence-corrected chi connectivity index (χ1v) is 12.8. The van der Waals surface area contributed by atoms with Crippen LogP contribution >= 0.6 is 0 Å². The number of carbonyl (C=O) groups is 1. The first kappa shape index (κ1) is 24.6. The lowest BCUT2D eigenvalue weighted by molar-refractivity contribution is 0.0669. The number of amides is 1. The van der Waals surface area contributed by atoms with Crippen LogP contribution in [-0.2, 0) is 16.8 Å². The normalized spacial score (nSPS) is 18.0. The van der Waals surface area contributed by atoms with E-state index < -0.39 is 0 Å². The highest BCUT2D eigenvalue weighted by atomic mass is 16.5. The molecule has 1 aliphatic heterocycles. The van der Waals surface area contributed by atoms with Gasteiger partial charge in [0, 0.05) is 24.8 Å². The van der Waals surface area contributed by atoms with E-state index in [9.17, 15) is 4.79 Å². The fourth-order valence-corrected chi connectivity index (χ4v) is 4.72. The number of aryl methyl sites for hydroxylation is 1. The van der Waals surface area contributed by atoms with Gasteiger partial charge < -0.3 is 19.5 Å². The second-order valence-corrected chi connectivity index (χ2v) is 10.8. The number of rotatable bonds is 8. The second kappa shape index (κ2) is 9.73. The maximum Gasteiger partial charge on any atom is 0.252 e. The van der Waals surface area contributed by atoms with E-state index in [1.165, 1.54) is 0 Å². The fourth-order valence-electron chi connectivity index (χ4n) is 4.72. The molecule has 1 N–H and O–H groups in total. The summed E-state index contributed by atoms with van der Waals surface area (Å²) in [5.74, 6) is 1.62. The Balaban J connectivity index is 1.35. The van der Waals surface area contributed by atoms with Crippen molar-refractivity contribution in [1.29, 1.82) is 0 Å². The number of hydrogen-bond donors (Lipinski definition) is 1. The van der Waals surface area contributed by atoms with Crippen molar-refractivity contribution in [3.05, 3.63) is 46.8 Å². The fraction of sp³-hybridized carbons (Fsp3) is 0.536. The highest BCUT2D eigenvalue weighted by Crippen LogP contribution is 2.41. The Kier molecular flexibility index (Phi) is 6.64. The Morgan fingerprint density at radius 3 is 2.67 bits per heavy atom. The number of nitrogens with zero attached hydrogens (tertiary/aromatic N) is 3. The molecule has 2 aromatic heterocycles. The molecule has 1 unspecified atom stereocenters. The molecule has 0 radical (unpaired) electrons. The van der Waals surface area contributed by atoms with E-state index in [2.05, 4.69) is 26.1 Å². The lowest BCUT2D eigenvalue weighted by Crippen LogP contribution is -2.25. The Hall–Kier alpha value is -3.13. The Labute approximate surface area is 212 Å². The number of ether oxygens (including phenoxy) is 3. The molecule has 8 nitrogen and oxygen atoms in total. The molecule has 1 saturated carbocycles. The zero-order valence-electron chi connectivity index (χ0n) is 21.9. The summed E-state index contributed by atoms with van der Waals surface area (Å²) in [6.45, 7) is 9.93. The van der Waals surface area contributed by atoms with Crippen LogP contribution < -0.4 is 14.8 Å². The van der Waals surface area contributed by atoms with Crippen molar-refractivity contribution in [2.75, 3.05) is 20.3 Å². The van der Waals surface area contributed by atoms with E-state index in [-0.39, 0.29) is 17.6 Å². The number of carbonyl (C=O) groups excluding carboxylic acids is 1. The molecule has 1 aliphatic carbocycles. The van der Waals surface area contributed by atoms with Crippen LogP contribution in [0.2, 0.25) is 0 Å². The van der Waals surface area contributed by atoms with E-state index in [0.29, 0.717) is 36.1 Å². The molecule has 3 aromatic rings. The average molecular weight is 493 g/mol. The van der Waals surface area contributed by atoms with Gasteiger partial charge in [-0.1, -0.05) is 6.07 Å². The number of benzene rings is 1. The van der Waals surface area contributed by atoms with E-state index in [4.69, 9.17) is 24.3 Å². The molecule has 192 valence electrons. The SMILES string of the molecule is COc1cc(CNC(=O)c2cc(C3CC3)nc3c2c(C)nn3C(C)(C)C)ccc1OCC1CCCO1. The molecule has 0 spiro atoms. The average Bonchev–Trinajstić information content (AvgIpc) is 3.47. The minimum atomic E-state index is -0.236. The van der Waals surface area contributed by atoms with Gasteiger partial charge in [0.25, 0.3) is 5.91 Å². The maximum atomic E-state index is 13.5. The smallest absolute Gasteiger partial charge is 0.252 e. The van der Waals surface area contributed by atoms with Crippen molar-refractivity contribution in [3.63, 3.8) is 0 Å². The molecule has 1 amide bonds. The molecule has 0 bridgehead atoms. The number of hydrogen-bond acceptors (Lipinski definition) is 6. The van der Waals surface area contributed by atoms with E-state index in [1.807, 2.05) is 35.9 Å². The molecular formula is C28H36N4O4. The van der Waals surface area contributed by atoms with E-state index >= 15 is 0 Å². The number of methoxy groups -OCH3 is 1. The highest BCUT2D eigenvalue weighted by Gasteiger charge is 2.30. The topological polar surface area (TPSA) is 87.5 Å². The molecule has 1 aromatic carbocycles. The van der Waals surface area contributed by atoms with Gasteiger partial charge in [-0.05, 0) is 77.1 Å². The van der Waals surface area contributed by atoms with Crippen molar-refractivity contribution in [2.24, 2.45) is 0 Å². The predicted octanol–water partition coefficient (Wildman–Crippen LogP) is 4.87. The van der Waals surface area contributed by atoms with Gasteiger partial charge in [0.1, 0.15) is 6.61 Å². The van der Waals surface area contributed by atoms with Gasteiger partial charge in [-0.3, -0.25) is 4.79 Å². The van der Waals surface area contributed by atoms with Crippen molar-refractivity contribution in [2.45, 2.75) is 77.5 Å². The van der Waals surface area contributed by atoms with Gasteiger partial charge >= 0.3 is 0 Å². The number of aromatic nitrogens is 3. The van der Waals surface area contributed by atoms with Gasteiger partial charge in [0.05, 0.1) is 35.4 Å². The van der Waals surface area contributed by atoms with Crippen molar-refractivity contribution >= 4 is 16.9 Å². The molecule has 2 fully saturated rings. The first-order chi connectivity index (χ1) is 17.2. The van der Waals surface area contributed by atoms with Gasteiger partial charge in [-0.2, -0.15) is 5.10 Å². The van der Waals surface area contributed by atoms with Gasteiger partial charge in [-0.25, -0.2) is 9.67 Å². The van der Waals surface area contributed by atoms with Crippen LogP contribution in [0.25, 0.3) is 11.0 Å². The molecule has 1 saturated heterocycles. The summed E-state index contributed by atoms with van der Waals surface area (Å²) < 4.78 is 19.1. The van der Waals surface area contributed by atoms with Gasteiger partial charge in [0.2, 0.25) is 0 Å². The van der Waals surface area contributed by atoms with Gasteiger partial charge in [0.15, 0.2) is 17.1 Å². The molecular weight excluding hydrogens is 456 g/mol. The van der Waals surface area contributed by atoms with E-state index in [1.54, 1.807) is 7.11 Å². The Morgan fingerprint density at radius 2 is 2.00 bits per heavy atom. The summed E-state index contributed by atoms with van der Waals surface area (Å²) in [6.07, 6.45) is 4.46. The molecule has 1 atom stereocenters. The molecule has 36 heavy (non-hydrogen) atoms. The summed E-state index contributed by atoms with van der Waals surface area (Å²) in [6, 6.07) is 7.71. The lowest BCUT2D eigenvalue weighted by Gasteiger charge is -2.20. The third kappa shape index (κ3) is 5.05. The lowest BCUT2D eigenvalue weighted by atomic mass is 10.1. The zero-order valence-corrected chi connectivity index (χ0v) is 21.9. The summed E-state index contributed by atoms with van der Waals surface area (Å²) in [7, 11) is 1.62. The minimum Gasteiger partial charge on any atom is -0.493 e. The Morgan fingerprint density at radius 1 is 1.19 bits per heavy atom. The standard InChI is InChI=1S/C28H36N4O4/c1-17-25-21(14-22(19-9-10-19)30-26(25)32(31-17)28(2,3)4)27(33)29-15-18-8-11-23(24(13-18)34-5)36-16-20-7-6-12-35-20/h8,11,13-14,19-20H,6-7,9-10,12,15-16H2,1-5H3,(H,29,33). The van der Waals surface area contributed by atoms with Gasteiger partial charge in [-0.15, -0.1) is 0 Å². The summed E-state index contributed by atoms with van der Waals surface area (Å²) in [4.78, 5) is 18.4. The highest BCUT2D eigenvalue weighted by molar-refractivity contribution is 6.06. The van der Waals surface area contributed by atoms with Crippen LogP contribution in [0, 0.1) is 6.92 Å². The third-order valence-electron chi connectivity index (χ3n) is 6.84.